The molecule has 0 aliphatic carbocycles. The Kier molecular flexibility index (Phi) is 10.3. The number of nitrogens with one attached hydrogen (secondary N) is 1. The first kappa shape index (κ1) is 24.3. The van der Waals surface area contributed by atoms with E-state index in [4.69, 9.17) is 4.52 Å². The highest BCUT2D eigenvalue weighted by Crippen LogP contribution is 2.10. The van der Waals surface area contributed by atoms with E-state index in [2.05, 4.69) is 80.5 Å². The van der Waals surface area contributed by atoms with Crippen molar-refractivity contribution in [3.63, 3.8) is 0 Å². The van der Waals surface area contributed by atoms with Crippen LogP contribution in [-0.2, 0) is 6.42 Å². The molecule has 30 heavy (non-hydrogen) atoms. The Morgan fingerprint density at radius 1 is 1.20 bits per heavy atom. The molecule has 1 aromatic carbocycles. The molecular weight excluding hydrogens is 491 g/mol. The van der Waals surface area contributed by atoms with Crippen LogP contribution in [0.15, 0.2) is 45.9 Å². The zero-order valence-electron chi connectivity index (χ0n) is 18.1. The minimum absolute atomic E-state index is 0. The van der Waals surface area contributed by atoms with Crippen LogP contribution in [0, 0.1) is 0 Å². The fraction of sp³-hybridized carbons (Fsp3) is 0.500. The van der Waals surface area contributed by atoms with E-state index >= 15 is 0 Å². The maximum atomic E-state index is 5.30. The number of hydrogen-bond acceptors (Lipinski definition) is 5. The second-order valence-electron chi connectivity index (χ2n) is 7.53. The summed E-state index contributed by atoms with van der Waals surface area (Å²) in [7, 11) is 1.83. The average molecular weight is 524 g/mol. The molecule has 0 bridgehead atoms. The highest BCUT2D eigenvalue weighted by atomic mass is 127. The number of aromatic nitrogens is 2. The van der Waals surface area contributed by atoms with Gasteiger partial charge in [0.25, 0.3) is 0 Å². The summed E-state index contributed by atoms with van der Waals surface area (Å²) >= 11 is 0. The standard InChI is InChI=1S/C22H32N6O.HI/c1-18(2)21-25-20(29-26-21)11-12-24-22(23-3)28-16-14-27(15-17-28)13-7-10-19-8-5-4-6-9-19;/h4-10,18H,11-17H2,1-3H3,(H,23,24);1H/b10-7+;. The van der Waals surface area contributed by atoms with E-state index in [0.717, 1.165) is 51.1 Å². The SMILES string of the molecule is CN=C(NCCc1nc(C(C)C)no1)N1CCN(C/C=C/c2ccccc2)CC1.I. The monoisotopic (exact) mass is 524 g/mol. The summed E-state index contributed by atoms with van der Waals surface area (Å²) < 4.78 is 5.30. The summed E-state index contributed by atoms with van der Waals surface area (Å²) in [5, 5.41) is 7.43. The summed E-state index contributed by atoms with van der Waals surface area (Å²) in [5.74, 6) is 2.66. The maximum Gasteiger partial charge on any atom is 0.228 e. The van der Waals surface area contributed by atoms with E-state index in [0.29, 0.717) is 12.3 Å². The van der Waals surface area contributed by atoms with Crippen molar-refractivity contribution < 1.29 is 4.52 Å². The fourth-order valence-electron chi connectivity index (χ4n) is 3.26. The van der Waals surface area contributed by atoms with Crippen LogP contribution in [0.3, 0.4) is 0 Å². The molecule has 1 N–H and O–H groups in total. The zero-order valence-corrected chi connectivity index (χ0v) is 20.5. The van der Waals surface area contributed by atoms with E-state index in [-0.39, 0.29) is 29.9 Å². The third-order valence-electron chi connectivity index (χ3n) is 4.98. The Bertz CT molecular complexity index is 797. The van der Waals surface area contributed by atoms with Gasteiger partial charge >= 0.3 is 0 Å². The van der Waals surface area contributed by atoms with Crippen molar-refractivity contribution in [1.29, 1.82) is 0 Å². The lowest BCUT2D eigenvalue weighted by Gasteiger charge is -2.36. The van der Waals surface area contributed by atoms with Crippen molar-refractivity contribution in [3.05, 3.63) is 53.7 Å². The van der Waals surface area contributed by atoms with Crippen molar-refractivity contribution in [3.8, 4) is 0 Å². The first-order chi connectivity index (χ1) is 14.2. The third-order valence-corrected chi connectivity index (χ3v) is 4.98. The first-order valence-corrected chi connectivity index (χ1v) is 10.4. The Balaban J connectivity index is 0.00000320. The third kappa shape index (κ3) is 7.39. The first-order valence-electron chi connectivity index (χ1n) is 10.4. The average Bonchev–Trinajstić information content (AvgIpc) is 3.22. The fourth-order valence-corrected chi connectivity index (χ4v) is 3.26. The Hall–Kier alpha value is -1.94. The van der Waals surface area contributed by atoms with Crippen LogP contribution in [0.25, 0.3) is 6.08 Å². The van der Waals surface area contributed by atoms with E-state index in [1.807, 2.05) is 13.1 Å². The molecule has 1 saturated heterocycles. The Morgan fingerprint density at radius 2 is 1.93 bits per heavy atom. The smallest absolute Gasteiger partial charge is 0.228 e. The van der Waals surface area contributed by atoms with Crippen LogP contribution < -0.4 is 5.32 Å². The van der Waals surface area contributed by atoms with Crippen molar-refractivity contribution in [2.45, 2.75) is 26.2 Å². The van der Waals surface area contributed by atoms with Crippen molar-refractivity contribution in [2.75, 3.05) is 46.3 Å². The predicted octanol–water partition coefficient (Wildman–Crippen LogP) is 3.26. The number of halogens is 1. The van der Waals surface area contributed by atoms with Crippen molar-refractivity contribution in [2.24, 2.45) is 4.99 Å². The number of aliphatic imine (C=N–C) groups is 1. The summed E-state index contributed by atoms with van der Waals surface area (Å²) in [4.78, 5) is 13.6. The summed E-state index contributed by atoms with van der Waals surface area (Å²) in [6, 6.07) is 10.4. The van der Waals surface area contributed by atoms with Gasteiger partial charge in [0, 0.05) is 58.7 Å². The van der Waals surface area contributed by atoms with Gasteiger partial charge in [-0.15, -0.1) is 24.0 Å². The van der Waals surface area contributed by atoms with Gasteiger partial charge < -0.3 is 14.7 Å². The number of benzene rings is 1. The summed E-state index contributed by atoms with van der Waals surface area (Å²) in [6.45, 7) is 9.82. The molecule has 2 aromatic rings. The highest BCUT2D eigenvalue weighted by Gasteiger charge is 2.19. The Labute approximate surface area is 196 Å². The van der Waals surface area contributed by atoms with Crippen LogP contribution >= 0.6 is 24.0 Å². The highest BCUT2D eigenvalue weighted by molar-refractivity contribution is 14.0. The van der Waals surface area contributed by atoms with E-state index in [9.17, 15) is 0 Å². The number of guanidine groups is 1. The van der Waals surface area contributed by atoms with Gasteiger partial charge in [0.05, 0.1) is 0 Å². The second-order valence-corrected chi connectivity index (χ2v) is 7.53. The molecule has 164 valence electrons. The van der Waals surface area contributed by atoms with Crippen LogP contribution in [0.1, 0.15) is 37.0 Å². The topological polar surface area (TPSA) is 69.8 Å². The van der Waals surface area contributed by atoms with Crippen LogP contribution in [0.2, 0.25) is 0 Å². The molecule has 0 spiro atoms. The molecule has 7 nitrogen and oxygen atoms in total. The van der Waals surface area contributed by atoms with Gasteiger partial charge in [-0.3, -0.25) is 9.89 Å². The van der Waals surface area contributed by atoms with Gasteiger partial charge in [0.2, 0.25) is 5.89 Å². The molecule has 3 rings (SSSR count). The normalized spacial score (nSPS) is 15.6. The minimum atomic E-state index is 0. The number of nitrogens with zero attached hydrogens (tertiary/aromatic N) is 5. The zero-order chi connectivity index (χ0) is 20.5. The van der Waals surface area contributed by atoms with Crippen LogP contribution in [0.5, 0.6) is 0 Å². The summed E-state index contributed by atoms with van der Waals surface area (Å²) in [6.07, 6.45) is 5.13. The summed E-state index contributed by atoms with van der Waals surface area (Å²) in [5.41, 5.74) is 1.25. The van der Waals surface area contributed by atoms with Gasteiger partial charge in [-0.25, -0.2) is 0 Å². The molecule has 0 radical (unpaired) electrons. The lowest BCUT2D eigenvalue weighted by molar-refractivity contribution is 0.194. The molecule has 1 aromatic heterocycles. The molecular formula is C22H33IN6O. The van der Waals surface area contributed by atoms with Gasteiger partial charge in [-0.1, -0.05) is 61.5 Å². The maximum absolute atomic E-state index is 5.30. The Morgan fingerprint density at radius 3 is 2.57 bits per heavy atom. The second kappa shape index (κ2) is 12.7. The van der Waals surface area contributed by atoms with E-state index in [1.165, 1.54) is 5.56 Å². The van der Waals surface area contributed by atoms with E-state index < -0.39 is 0 Å². The molecule has 1 aliphatic rings. The largest absolute Gasteiger partial charge is 0.356 e. The van der Waals surface area contributed by atoms with Gasteiger partial charge in [-0.05, 0) is 5.56 Å². The predicted molar refractivity (Wildman–Crippen MR) is 132 cm³/mol. The van der Waals surface area contributed by atoms with Crippen molar-refractivity contribution in [1.82, 2.24) is 25.3 Å². The molecule has 1 aliphatic heterocycles. The van der Waals surface area contributed by atoms with Crippen LogP contribution in [0.4, 0.5) is 0 Å². The van der Waals surface area contributed by atoms with E-state index in [1.54, 1.807) is 0 Å². The molecule has 0 unspecified atom stereocenters. The molecule has 0 amide bonds. The quantitative estimate of drug-likeness (QED) is 0.341. The number of hydrogen-bond donors (Lipinski definition) is 1. The van der Waals surface area contributed by atoms with Gasteiger partial charge in [0.1, 0.15) is 0 Å². The van der Waals surface area contributed by atoms with Gasteiger partial charge in [0.15, 0.2) is 11.8 Å². The van der Waals surface area contributed by atoms with Crippen molar-refractivity contribution >= 4 is 36.0 Å². The molecule has 8 heteroatoms. The molecule has 0 atom stereocenters. The molecule has 1 fully saturated rings. The lowest BCUT2D eigenvalue weighted by atomic mass is 10.2. The molecule has 0 saturated carbocycles. The molecule has 2 heterocycles. The minimum Gasteiger partial charge on any atom is -0.356 e. The number of piperazine rings is 1. The van der Waals surface area contributed by atoms with Crippen LogP contribution in [-0.4, -0.2) is 72.2 Å². The lowest BCUT2D eigenvalue weighted by Crippen LogP contribution is -2.52. The van der Waals surface area contributed by atoms with Gasteiger partial charge in [-0.2, -0.15) is 4.98 Å². The number of rotatable bonds is 7.